The van der Waals surface area contributed by atoms with Gasteiger partial charge in [-0.3, -0.25) is 4.98 Å². The molecule has 102 valence electrons. The van der Waals surface area contributed by atoms with Gasteiger partial charge in [-0.2, -0.15) is 5.26 Å². The summed E-state index contributed by atoms with van der Waals surface area (Å²) in [6.07, 6.45) is 0. The van der Waals surface area contributed by atoms with Gasteiger partial charge >= 0.3 is 0 Å². The molecule has 1 aromatic carbocycles. The van der Waals surface area contributed by atoms with Crippen LogP contribution in [0.3, 0.4) is 0 Å². The molecule has 0 atom stereocenters. The fraction of sp³-hybridized carbons (Fsp3) is 0.250. The second-order valence-corrected chi connectivity index (χ2v) is 4.34. The first-order valence-electron chi connectivity index (χ1n) is 6.43. The van der Waals surface area contributed by atoms with Crippen molar-refractivity contribution in [3.63, 3.8) is 0 Å². The highest BCUT2D eigenvalue weighted by atomic mass is 16.5. The van der Waals surface area contributed by atoms with E-state index in [4.69, 9.17) is 9.47 Å². The van der Waals surface area contributed by atoms with Crippen LogP contribution in [-0.2, 0) is 0 Å². The summed E-state index contributed by atoms with van der Waals surface area (Å²) in [7, 11) is 0. The fourth-order valence-electron chi connectivity index (χ4n) is 1.91. The summed E-state index contributed by atoms with van der Waals surface area (Å²) in [6.45, 7) is 6.24. The average Bonchev–Trinajstić information content (AvgIpc) is 2.41. The number of hydrogen-bond donors (Lipinski definition) is 0. The zero-order valence-electron chi connectivity index (χ0n) is 11.8. The van der Waals surface area contributed by atoms with E-state index < -0.39 is 0 Å². The van der Waals surface area contributed by atoms with Crippen molar-refractivity contribution in [1.29, 1.82) is 5.26 Å². The number of ether oxygens (including phenoxy) is 2. The largest absolute Gasteiger partial charge is 0.494 e. The van der Waals surface area contributed by atoms with Gasteiger partial charge in [0.25, 0.3) is 0 Å². The molecule has 4 heteroatoms. The van der Waals surface area contributed by atoms with Crippen molar-refractivity contribution in [1.82, 2.24) is 4.98 Å². The van der Waals surface area contributed by atoms with Gasteiger partial charge in [0.1, 0.15) is 28.9 Å². The Morgan fingerprint density at radius 1 is 1.15 bits per heavy atom. The Morgan fingerprint density at radius 2 is 1.80 bits per heavy atom. The Kier molecular flexibility index (Phi) is 4.21. The van der Waals surface area contributed by atoms with Crippen LogP contribution < -0.4 is 9.47 Å². The van der Waals surface area contributed by atoms with Crippen LogP contribution in [0.2, 0.25) is 0 Å². The van der Waals surface area contributed by atoms with Gasteiger partial charge in [-0.05, 0) is 45.0 Å². The van der Waals surface area contributed by atoms with Crippen molar-refractivity contribution < 1.29 is 9.47 Å². The standard InChI is InChI=1S/C16H16N2O2/c1-4-19-13-5-7-14(8-6-13)20-16-9-11(2)18-12(3)15(16)10-17/h5-9H,4H2,1-3H3. The molecule has 1 aromatic heterocycles. The van der Waals surface area contributed by atoms with Crippen LogP contribution in [0, 0.1) is 25.2 Å². The average molecular weight is 268 g/mol. The smallest absolute Gasteiger partial charge is 0.148 e. The zero-order chi connectivity index (χ0) is 14.5. The molecule has 2 aromatic rings. The van der Waals surface area contributed by atoms with Gasteiger partial charge in [0.15, 0.2) is 0 Å². The minimum Gasteiger partial charge on any atom is -0.494 e. The molecule has 0 unspecified atom stereocenters. The van der Waals surface area contributed by atoms with Crippen molar-refractivity contribution in [2.45, 2.75) is 20.8 Å². The lowest BCUT2D eigenvalue weighted by Crippen LogP contribution is -1.96. The number of benzene rings is 1. The second kappa shape index (κ2) is 6.07. The highest BCUT2D eigenvalue weighted by Crippen LogP contribution is 2.28. The van der Waals surface area contributed by atoms with Crippen molar-refractivity contribution in [2.75, 3.05) is 6.61 Å². The number of nitriles is 1. The number of rotatable bonds is 4. The molecule has 0 spiro atoms. The molecule has 1 heterocycles. The predicted octanol–water partition coefficient (Wildman–Crippen LogP) is 3.76. The van der Waals surface area contributed by atoms with Crippen LogP contribution in [0.4, 0.5) is 0 Å². The third-order valence-corrected chi connectivity index (χ3v) is 2.77. The van der Waals surface area contributed by atoms with Crippen LogP contribution in [0.25, 0.3) is 0 Å². The fourth-order valence-corrected chi connectivity index (χ4v) is 1.91. The molecule has 0 aliphatic heterocycles. The minimum absolute atomic E-state index is 0.462. The number of pyridine rings is 1. The maximum Gasteiger partial charge on any atom is 0.148 e. The van der Waals surface area contributed by atoms with Gasteiger partial charge in [0.2, 0.25) is 0 Å². The Labute approximate surface area is 118 Å². The number of aromatic nitrogens is 1. The van der Waals surface area contributed by atoms with Crippen LogP contribution >= 0.6 is 0 Å². The van der Waals surface area contributed by atoms with Crippen LogP contribution in [0.15, 0.2) is 30.3 Å². The van der Waals surface area contributed by atoms with E-state index in [0.29, 0.717) is 29.4 Å². The summed E-state index contributed by atoms with van der Waals surface area (Å²) in [5.74, 6) is 1.99. The quantitative estimate of drug-likeness (QED) is 0.847. The summed E-state index contributed by atoms with van der Waals surface area (Å²) in [6, 6.07) is 11.2. The molecule has 0 radical (unpaired) electrons. The maximum absolute atomic E-state index is 9.19. The lowest BCUT2D eigenvalue weighted by Gasteiger charge is -2.10. The summed E-state index contributed by atoms with van der Waals surface area (Å²) < 4.78 is 11.2. The summed E-state index contributed by atoms with van der Waals surface area (Å²) in [5.41, 5.74) is 1.96. The van der Waals surface area contributed by atoms with E-state index in [2.05, 4.69) is 11.1 Å². The van der Waals surface area contributed by atoms with Crippen LogP contribution in [0.1, 0.15) is 23.9 Å². The Balaban J connectivity index is 2.28. The number of aryl methyl sites for hydroxylation is 2. The van der Waals surface area contributed by atoms with Gasteiger partial charge in [-0.1, -0.05) is 0 Å². The zero-order valence-corrected chi connectivity index (χ0v) is 11.8. The Hall–Kier alpha value is -2.54. The van der Waals surface area contributed by atoms with Gasteiger partial charge in [-0.25, -0.2) is 0 Å². The summed E-state index contributed by atoms with van der Waals surface area (Å²) in [4.78, 5) is 4.26. The van der Waals surface area contributed by atoms with Crippen LogP contribution in [0.5, 0.6) is 17.2 Å². The monoisotopic (exact) mass is 268 g/mol. The Morgan fingerprint density at radius 3 is 2.40 bits per heavy atom. The molecule has 0 N–H and O–H groups in total. The molecular formula is C16H16N2O2. The molecule has 0 saturated heterocycles. The molecule has 0 bridgehead atoms. The van der Waals surface area contributed by atoms with E-state index in [0.717, 1.165) is 11.4 Å². The first-order valence-corrected chi connectivity index (χ1v) is 6.43. The first-order chi connectivity index (χ1) is 9.63. The minimum atomic E-state index is 0.462. The molecule has 0 fully saturated rings. The third kappa shape index (κ3) is 3.07. The van der Waals surface area contributed by atoms with Gasteiger partial charge in [0.05, 0.1) is 12.3 Å². The van der Waals surface area contributed by atoms with Crippen molar-refractivity contribution in [3.05, 3.63) is 47.3 Å². The molecule has 0 aliphatic carbocycles. The van der Waals surface area contributed by atoms with E-state index >= 15 is 0 Å². The predicted molar refractivity (Wildman–Crippen MR) is 76.1 cm³/mol. The van der Waals surface area contributed by atoms with E-state index in [1.165, 1.54) is 0 Å². The lowest BCUT2D eigenvalue weighted by atomic mass is 10.2. The third-order valence-electron chi connectivity index (χ3n) is 2.77. The highest BCUT2D eigenvalue weighted by molar-refractivity contribution is 5.48. The summed E-state index contributed by atoms with van der Waals surface area (Å²) in [5, 5.41) is 9.19. The summed E-state index contributed by atoms with van der Waals surface area (Å²) >= 11 is 0. The number of nitrogens with zero attached hydrogens (tertiary/aromatic N) is 2. The molecule has 20 heavy (non-hydrogen) atoms. The molecular weight excluding hydrogens is 252 g/mol. The van der Waals surface area contributed by atoms with Crippen LogP contribution in [-0.4, -0.2) is 11.6 Å². The molecule has 0 amide bonds. The highest BCUT2D eigenvalue weighted by Gasteiger charge is 2.10. The van der Waals surface area contributed by atoms with E-state index in [-0.39, 0.29) is 0 Å². The molecule has 4 nitrogen and oxygen atoms in total. The van der Waals surface area contributed by atoms with Gasteiger partial charge in [-0.15, -0.1) is 0 Å². The molecule has 0 aliphatic rings. The normalized spacial score (nSPS) is 9.90. The second-order valence-electron chi connectivity index (χ2n) is 4.34. The topological polar surface area (TPSA) is 55.1 Å². The van der Waals surface area contributed by atoms with Crippen molar-refractivity contribution >= 4 is 0 Å². The van der Waals surface area contributed by atoms with Gasteiger partial charge in [0, 0.05) is 11.8 Å². The van der Waals surface area contributed by atoms with Crippen molar-refractivity contribution in [2.24, 2.45) is 0 Å². The first kappa shape index (κ1) is 13.9. The van der Waals surface area contributed by atoms with E-state index in [1.807, 2.05) is 38.1 Å². The maximum atomic E-state index is 9.19. The number of hydrogen-bond acceptors (Lipinski definition) is 4. The van der Waals surface area contributed by atoms with E-state index in [9.17, 15) is 5.26 Å². The molecule has 2 rings (SSSR count). The van der Waals surface area contributed by atoms with E-state index in [1.54, 1.807) is 13.0 Å². The molecule has 0 saturated carbocycles. The SMILES string of the molecule is CCOc1ccc(Oc2cc(C)nc(C)c2C#N)cc1. The van der Waals surface area contributed by atoms with Gasteiger partial charge < -0.3 is 9.47 Å². The Bertz CT molecular complexity index is 643. The lowest BCUT2D eigenvalue weighted by molar-refractivity contribution is 0.339. The van der Waals surface area contributed by atoms with Crippen molar-refractivity contribution in [3.8, 4) is 23.3 Å².